The Balaban J connectivity index is 1.73. The lowest BCUT2D eigenvalue weighted by atomic mass is 9.95. The highest BCUT2D eigenvalue weighted by Crippen LogP contribution is 2.27. The molecule has 1 fully saturated rings. The Morgan fingerprint density at radius 3 is 2.50 bits per heavy atom. The van der Waals surface area contributed by atoms with Crippen LogP contribution in [0.15, 0.2) is 54.6 Å². The van der Waals surface area contributed by atoms with E-state index in [1.165, 1.54) is 4.90 Å². The summed E-state index contributed by atoms with van der Waals surface area (Å²) in [4.78, 5) is 27.9. The molecule has 0 bridgehead atoms. The summed E-state index contributed by atoms with van der Waals surface area (Å²) in [7, 11) is 3.33. The summed E-state index contributed by atoms with van der Waals surface area (Å²) in [6, 6.07) is 16.7. The molecular weight excluding hydrogens is 328 g/mol. The van der Waals surface area contributed by atoms with Gasteiger partial charge in [0.1, 0.15) is 0 Å². The molecule has 0 unspecified atom stereocenters. The van der Waals surface area contributed by atoms with E-state index in [0.717, 1.165) is 5.56 Å². The van der Waals surface area contributed by atoms with Crippen LogP contribution in [0, 0.1) is 0 Å². The summed E-state index contributed by atoms with van der Waals surface area (Å²) in [6.07, 6.45) is 0. The van der Waals surface area contributed by atoms with Gasteiger partial charge < -0.3 is 20.9 Å². The van der Waals surface area contributed by atoms with Crippen LogP contribution in [-0.2, 0) is 0 Å². The largest absolute Gasteiger partial charge is 0.336 e. The van der Waals surface area contributed by atoms with Gasteiger partial charge in [-0.2, -0.15) is 0 Å². The van der Waals surface area contributed by atoms with Gasteiger partial charge in [0, 0.05) is 50.4 Å². The van der Waals surface area contributed by atoms with E-state index >= 15 is 0 Å². The summed E-state index contributed by atoms with van der Waals surface area (Å²) in [5.41, 5.74) is 8.58. The molecule has 2 aromatic carbocycles. The fourth-order valence-corrected chi connectivity index (χ4v) is 3.20. The number of hydrogen-bond acceptors (Lipinski definition) is 3. The molecule has 3 N–H and O–H groups in total. The number of anilines is 1. The number of nitrogens with one attached hydrogen (secondary N) is 1. The SMILES string of the molecule is CN(C)C(=O)Nc1cccc(C(=O)N2C[C@@H](N)[C@H](c3ccccc3)C2)c1. The molecule has 2 atom stereocenters. The van der Waals surface area contributed by atoms with Gasteiger partial charge in [-0.15, -0.1) is 0 Å². The smallest absolute Gasteiger partial charge is 0.321 e. The molecule has 1 aliphatic heterocycles. The zero-order valence-electron chi connectivity index (χ0n) is 15.1. The Morgan fingerprint density at radius 1 is 1.08 bits per heavy atom. The number of hydrogen-bond donors (Lipinski definition) is 2. The van der Waals surface area contributed by atoms with E-state index in [-0.39, 0.29) is 23.9 Å². The Morgan fingerprint density at radius 2 is 1.81 bits per heavy atom. The minimum Gasteiger partial charge on any atom is -0.336 e. The van der Waals surface area contributed by atoms with Gasteiger partial charge in [0.25, 0.3) is 5.91 Å². The molecule has 0 spiro atoms. The van der Waals surface area contributed by atoms with Crippen molar-refractivity contribution in [3.05, 3.63) is 65.7 Å². The van der Waals surface area contributed by atoms with Crippen molar-refractivity contribution < 1.29 is 9.59 Å². The Kier molecular flexibility index (Phi) is 5.23. The lowest BCUT2D eigenvalue weighted by molar-refractivity contribution is 0.0789. The predicted octanol–water partition coefficient (Wildman–Crippen LogP) is 2.35. The van der Waals surface area contributed by atoms with Crippen LogP contribution < -0.4 is 11.1 Å². The molecule has 0 radical (unpaired) electrons. The normalized spacial score (nSPS) is 19.3. The zero-order chi connectivity index (χ0) is 18.7. The quantitative estimate of drug-likeness (QED) is 0.890. The van der Waals surface area contributed by atoms with E-state index in [1.54, 1.807) is 43.3 Å². The maximum atomic E-state index is 12.9. The molecule has 0 saturated carbocycles. The van der Waals surface area contributed by atoms with Crippen molar-refractivity contribution in [2.24, 2.45) is 5.73 Å². The first-order valence-corrected chi connectivity index (χ1v) is 8.64. The molecule has 3 amide bonds. The minimum absolute atomic E-state index is 0.0696. The molecule has 6 nitrogen and oxygen atoms in total. The lowest BCUT2D eigenvalue weighted by Gasteiger charge is -2.17. The number of amides is 3. The topological polar surface area (TPSA) is 78.7 Å². The standard InChI is InChI=1S/C20H24N4O2/c1-23(2)20(26)22-16-10-6-9-15(11-16)19(25)24-12-17(18(21)13-24)14-7-4-3-5-8-14/h3-11,17-18H,12-13,21H2,1-2H3,(H,22,26)/t17-,18+/m0/s1. The monoisotopic (exact) mass is 352 g/mol. The van der Waals surface area contributed by atoms with Crippen LogP contribution in [0.5, 0.6) is 0 Å². The third-order valence-corrected chi connectivity index (χ3v) is 4.65. The summed E-state index contributed by atoms with van der Waals surface area (Å²) < 4.78 is 0. The van der Waals surface area contributed by atoms with Crippen molar-refractivity contribution in [2.75, 3.05) is 32.5 Å². The average Bonchev–Trinajstić information content (AvgIpc) is 3.03. The maximum Gasteiger partial charge on any atom is 0.321 e. The molecule has 1 aliphatic rings. The van der Waals surface area contributed by atoms with Crippen LogP contribution in [0.1, 0.15) is 21.8 Å². The third kappa shape index (κ3) is 3.86. The van der Waals surface area contributed by atoms with Crippen molar-refractivity contribution in [2.45, 2.75) is 12.0 Å². The highest BCUT2D eigenvalue weighted by atomic mass is 16.2. The lowest BCUT2D eigenvalue weighted by Crippen LogP contribution is -2.32. The minimum atomic E-state index is -0.234. The molecule has 0 aliphatic carbocycles. The Bertz CT molecular complexity index is 791. The number of nitrogens with two attached hydrogens (primary N) is 1. The van der Waals surface area contributed by atoms with Gasteiger partial charge in [0.15, 0.2) is 0 Å². The summed E-state index contributed by atoms with van der Waals surface area (Å²) in [5, 5.41) is 2.76. The van der Waals surface area contributed by atoms with Gasteiger partial charge in [-0.25, -0.2) is 4.79 Å². The Labute approximate surface area is 153 Å². The second-order valence-corrected chi connectivity index (χ2v) is 6.80. The second-order valence-electron chi connectivity index (χ2n) is 6.80. The van der Waals surface area contributed by atoms with E-state index < -0.39 is 0 Å². The number of nitrogens with zero attached hydrogens (tertiary/aromatic N) is 2. The number of likely N-dealkylation sites (tertiary alicyclic amines) is 1. The molecule has 26 heavy (non-hydrogen) atoms. The number of benzene rings is 2. The summed E-state index contributed by atoms with van der Waals surface area (Å²) in [5.74, 6) is 0.0663. The van der Waals surface area contributed by atoms with Crippen LogP contribution in [0.3, 0.4) is 0 Å². The first kappa shape index (κ1) is 17.9. The first-order chi connectivity index (χ1) is 12.5. The average molecular weight is 352 g/mol. The van der Waals surface area contributed by atoms with E-state index in [2.05, 4.69) is 17.4 Å². The number of carbonyl (C=O) groups excluding carboxylic acids is 2. The van der Waals surface area contributed by atoms with E-state index in [1.807, 2.05) is 18.2 Å². The van der Waals surface area contributed by atoms with Gasteiger partial charge in [-0.1, -0.05) is 36.4 Å². The second kappa shape index (κ2) is 7.58. The predicted molar refractivity (Wildman–Crippen MR) is 102 cm³/mol. The van der Waals surface area contributed by atoms with Gasteiger partial charge in [0.2, 0.25) is 0 Å². The van der Waals surface area contributed by atoms with Crippen LogP contribution in [0.25, 0.3) is 0 Å². The van der Waals surface area contributed by atoms with Crippen LogP contribution >= 0.6 is 0 Å². The highest BCUT2D eigenvalue weighted by Gasteiger charge is 2.34. The fraction of sp³-hybridized carbons (Fsp3) is 0.300. The molecule has 1 heterocycles. The van der Waals surface area contributed by atoms with Crippen LogP contribution in [0.2, 0.25) is 0 Å². The molecule has 6 heteroatoms. The number of carbonyl (C=O) groups is 2. The van der Waals surface area contributed by atoms with Crippen LogP contribution in [0.4, 0.5) is 10.5 Å². The van der Waals surface area contributed by atoms with Crippen molar-refractivity contribution >= 4 is 17.6 Å². The molecule has 3 rings (SSSR count). The third-order valence-electron chi connectivity index (χ3n) is 4.65. The van der Waals surface area contributed by atoms with Gasteiger partial charge >= 0.3 is 6.03 Å². The zero-order valence-corrected chi connectivity index (χ0v) is 15.1. The molecule has 136 valence electrons. The van der Waals surface area contributed by atoms with Crippen molar-refractivity contribution in [1.29, 1.82) is 0 Å². The molecule has 0 aromatic heterocycles. The van der Waals surface area contributed by atoms with E-state index in [9.17, 15) is 9.59 Å². The van der Waals surface area contributed by atoms with Crippen molar-refractivity contribution in [3.8, 4) is 0 Å². The van der Waals surface area contributed by atoms with E-state index in [4.69, 9.17) is 5.73 Å². The highest BCUT2D eigenvalue weighted by molar-refractivity contribution is 5.97. The Hall–Kier alpha value is -2.86. The summed E-state index contributed by atoms with van der Waals surface area (Å²) >= 11 is 0. The summed E-state index contributed by atoms with van der Waals surface area (Å²) in [6.45, 7) is 1.12. The molecular formula is C20H24N4O2. The maximum absolute atomic E-state index is 12.9. The molecule has 2 aromatic rings. The number of rotatable bonds is 3. The van der Waals surface area contributed by atoms with Gasteiger partial charge in [-0.05, 0) is 23.8 Å². The molecule has 1 saturated heterocycles. The van der Waals surface area contributed by atoms with Crippen molar-refractivity contribution in [3.63, 3.8) is 0 Å². The van der Waals surface area contributed by atoms with Crippen LogP contribution in [-0.4, -0.2) is 55.0 Å². The van der Waals surface area contributed by atoms with Gasteiger partial charge in [-0.3, -0.25) is 4.79 Å². The first-order valence-electron chi connectivity index (χ1n) is 8.64. The fourth-order valence-electron chi connectivity index (χ4n) is 3.20. The van der Waals surface area contributed by atoms with Crippen molar-refractivity contribution in [1.82, 2.24) is 9.80 Å². The van der Waals surface area contributed by atoms with E-state index in [0.29, 0.717) is 24.3 Å². The number of urea groups is 1. The van der Waals surface area contributed by atoms with Gasteiger partial charge in [0.05, 0.1) is 0 Å².